The van der Waals surface area contributed by atoms with Crippen LogP contribution in [-0.2, 0) is 23.3 Å². The van der Waals surface area contributed by atoms with Gasteiger partial charge in [0, 0.05) is 31.2 Å². The fourth-order valence-electron chi connectivity index (χ4n) is 2.99. The van der Waals surface area contributed by atoms with Crippen LogP contribution in [-0.4, -0.2) is 77.2 Å². The summed E-state index contributed by atoms with van der Waals surface area (Å²) in [6, 6.07) is -0.413. The van der Waals surface area contributed by atoms with Crippen molar-refractivity contribution in [1.29, 1.82) is 0 Å². The van der Waals surface area contributed by atoms with Crippen molar-refractivity contribution in [3.63, 3.8) is 0 Å². The van der Waals surface area contributed by atoms with Crippen molar-refractivity contribution in [3.05, 3.63) is 0 Å². The van der Waals surface area contributed by atoms with E-state index in [1.807, 2.05) is 15.7 Å². The highest BCUT2D eigenvalue weighted by atomic mass is 31.2. The molecule has 0 aromatic heterocycles. The minimum atomic E-state index is -3.95. The molecule has 2 aliphatic heterocycles. The third-order valence-corrected chi connectivity index (χ3v) is 5.16. The Hall–Kier alpha value is 0.0799. The highest BCUT2D eigenvalue weighted by Gasteiger charge is 2.38. The zero-order chi connectivity index (χ0) is 16.3. The second kappa shape index (κ2) is 7.77. The minimum absolute atomic E-state index is 0.00471. The molecular formula is C11H25B2N2O6P. The Kier molecular flexibility index (Phi) is 6.50. The van der Waals surface area contributed by atoms with Crippen molar-refractivity contribution >= 4 is 23.4 Å². The van der Waals surface area contributed by atoms with E-state index in [1.54, 1.807) is 7.11 Å². The van der Waals surface area contributed by atoms with Crippen LogP contribution in [0.15, 0.2) is 0 Å². The van der Waals surface area contributed by atoms with Gasteiger partial charge in [0.2, 0.25) is 0 Å². The predicted molar refractivity (Wildman–Crippen MR) is 86.2 cm³/mol. The van der Waals surface area contributed by atoms with Crippen LogP contribution < -0.4 is 10.8 Å². The number of hydrogen-bond donors (Lipinski definition) is 3. The van der Waals surface area contributed by atoms with Gasteiger partial charge in [-0.1, -0.05) is 0 Å². The van der Waals surface area contributed by atoms with Crippen molar-refractivity contribution < 1.29 is 28.2 Å². The molecule has 0 aromatic rings. The summed E-state index contributed by atoms with van der Waals surface area (Å²) >= 11 is 0. The van der Waals surface area contributed by atoms with Gasteiger partial charge in [-0.25, -0.2) is 9.65 Å². The summed E-state index contributed by atoms with van der Waals surface area (Å²) in [5.41, 5.74) is 5.91. The van der Waals surface area contributed by atoms with Crippen LogP contribution in [0.1, 0.15) is 12.8 Å². The Morgan fingerprint density at radius 3 is 2.50 bits per heavy atom. The van der Waals surface area contributed by atoms with Crippen LogP contribution in [0.4, 0.5) is 0 Å². The second-order valence-electron chi connectivity index (χ2n) is 6.11. The smallest absolute Gasteiger partial charge is 0.382 e. The van der Waals surface area contributed by atoms with Gasteiger partial charge in [-0.15, -0.1) is 0 Å². The summed E-state index contributed by atoms with van der Waals surface area (Å²) in [4.78, 5) is 9.99. The van der Waals surface area contributed by atoms with Crippen LogP contribution in [0.2, 0.25) is 0 Å². The van der Waals surface area contributed by atoms with Crippen LogP contribution in [0.5, 0.6) is 0 Å². The molecular weight excluding hydrogens is 309 g/mol. The van der Waals surface area contributed by atoms with Gasteiger partial charge in [0.25, 0.3) is 0 Å². The molecule has 0 bridgehead atoms. The predicted octanol–water partition coefficient (Wildman–Crippen LogP) is -2.47. The lowest BCUT2D eigenvalue weighted by Crippen LogP contribution is -2.38. The third kappa shape index (κ3) is 5.04. The standard InChI is InChI=1S/C11H25B2N2O6P/c1-18-4-9-7(3-11(13)21-9)15-22(16,17)19-5-8-6(14)2-10(12)20-8/h6-11H,2-5,12-14H2,1H3,(H2,15,16,17)/t6-,7-,8+,9+,10+,11+/m0/s1. The van der Waals surface area contributed by atoms with Gasteiger partial charge in [0.1, 0.15) is 15.7 Å². The lowest BCUT2D eigenvalue weighted by molar-refractivity contribution is 0.0162. The Morgan fingerprint density at radius 2 is 1.91 bits per heavy atom. The molecule has 11 heteroatoms. The number of hydrogen-bond acceptors (Lipinski definition) is 6. The van der Waals surface area contributed by atoms with E-state index in [4.69, 9.17) is 24.5 Å². The van der Waals surface area contributed by atoms with Gasteiger partial charge in [0.05, 0.1) is 25.4 Å². The average Bonchev–Trinajstić information content (AvgIpc) is 2.90. The summed E-state index contributed by atoms with van der Waals surface area (Å²) in [5, 5.41) is 2.66. The fourth-order valence-corrected chi connectivity index (χ4v) is 4.10. The van der Waals surface area contributed by atoms with Gasteiger partial charge in [0.15, 0.2) is 0 Å². The second-order valence-corrected chi connectivity index (χ2v) is 7.67. The molecule has 7 atom stereocenters. The largest absolute Gasteiger partial charge is 0.403 e. The van der Waals surface area contributed by atoms with Gasteiger partial charge in [-0.05, 0) is 12.8 Å². The van der Waals surface area contributed by atoms with E-state index in [-0.39, 0.29) is 42.9 Å². The Bertz CT molecular complexity index is 420. The Balaban J connectivity index is 1.83. The van der Waals surface area contributed by atoms with Gasteiger partial charge in [-0.3, -0.25) is 4.52 Å². The molecule has 2 fully saturated rings. The first-order chi connectivity index (χ1) is 10.3. The van der Waals surface area contributed by atoms with Crippen molar-refractivity contribution in [2.24, 2.45) is 5.73 Å². The number of nitrogens with two attached hydrogens (primary N) is 1. The average molecular weight is 334 g/mol. The van der Waals surface area contributed by atoms with Crippen molar-refractivity contribution in [3.8, 4) is 0 Å². The molecule has 2 saturated heterocycles. The monoisotopic (exact) mass is 334 g/mol. The van der Waals surface area contributed by atoms with E-state index in [2.05, 4.69) is 5.09 Å². The molecule has 22 heavy (non-hydrogen) atoms. The molecule has 2 heterocycles. The van der Waals surface area contributed by atoms with E-state index in [9.17, 15) is 9.46 Å². The van der Waals surface area contributed by atoms with Gasteiger partial charge >= 0.3 is 7.75 Å². The molecule has 0 radical (unpaired) electrons. The van der Waals surface area contributed by atoms with E-state index < -0.39 is 7.75 Å². The molecule has 0 aromatic carbocycles. The maximum atomic E-state index is 12.2. The SMILES string of the molecule is B[C@H]1C[C@H](NP(=O)(O)OC[C@H]2O[C@@H](B)C[C@@H]2N)[C@@H](COC)O1. The molecule has 126 valence electrons. The molecule has 8 nitrogen and oxygen atoms in total. The van der Waals surface area contributed by atoms with Crippen molar-refractivity contribution in [2.75, 3.05) is 20.3 Å². The van der Waals surface area contributed by atoms with Crippen LogP contribution in [0.25, 0.3) is 0 Å². The molecule has 2 aliphatic rings. The van der Waals surface area contributed by atoms with Crippen LogP contribution in [0.3, 0.4) is 0 Å². The number of nitrogens with one attached hydrogen (secondary N) is 1. The van der Waals surface area contributed by atoms with E-state index in [0.717, 1.165) is 6.42 Å². The zero-order valence-corrected chi connectivity index (χ0v) is 14.2. The molecule has 0 aliphatic carbocycles. The summed E-state index contributed by atoms with van der Waals surface area (Å²) < 4.78 is 33.6. The molecule has 2 rings (SSSR count). The van der Waals surface area contributed by atoms with Crippen molar-refractivity contribution in [2.45, 2.75) is 49.1 Å². The third-order valence-electron chi connectivity index (χ3n) is 4.00. The fraction of sp³-hybridized carbons (Fsp3) is 1.00. The normalized spacial score (nSPS) is 41.6. The maximum Gasteiger partial charge on any atom is 0.403 e. The highest BCUT2D eigenvalue weighted by Crippen LogP contribution is 2.40. The summed E-state index contributed by atoms with van der Waals surface area (Å²) in [5.74, 6) is 0. The molecule has 0 saturated carbocycles. The van der Waals surface area contributed by atoms with Crippen molar-refractivity contribution in [1.82, 2.24) is 5.09 Å². The van der Waals surface area contributed by atoms with Crippen LogP contribution in [0, 0.1) is 0 Å². The van der Waals surface area contributed by atoms with E-state index in [0.29, 0.717) is 13.0 Å². The number of methoxy groups -OCH3 is 1. The summed E-state index contributed by atoms with van der Waals surface area (Å²) in [6.45, 7) is 0.348. The highest BCUT2D eigenvalue weighted by molar-refractivity contribution is 7.50. The molecule has 0 spiro atoms. The quantitative estimate of drug-likeness (QED) is 0.347. The Morgan fingerprint density at radius 1 is 1.27 bits per heavy atom. The first kappa shape index (κ1) is 18.4. The molecule has 4 N–H and O–H groups in total. The van der Waals surface area contributed by atoms with E-state index >= 15 is 0 Å². The topological polar surface area (TPSA) is 112 Å². The number of ether oxygens (including phenoxy) is 3. The van der Waals surface area contributed by atoms with Gasteiger partial charge < -0.3 is 24.8 Å². The molecule has 0 amide bonds. The lowest BCUT2D eigenvalue weighted by atomic mass is 9.95. The minimum Gasteiger partial charge on any atom is -0.382 e. The van der Waals surface area contributed by atoms with E-state index in [1.165, 1.54) is 0 Å². The maximum absolute atomic E-state index is 12.2. The van der Waals surface area contributed by atoms with Gasteiger partial charge in [-0.2, -0.15) is 0 Å². The van der Waals surface area contributed by atoms with Crippen LogP contribution >= 0.6 is 7.75 Å². The summed E-state index contributed by atoms with van der Waals surface area (Å²) in [6.07, 6.45) is 0.722. The molecule has 1 unspecified atom stereocenters. The zero-order valence-electron chi connectivity index (χ0n) is 13.3. The first-order valence-corrected chi connectivity index (χ1v) is 9.19. The number of rotatable bonds is 7. The lowest BCUT2D eigenvalue weighted by Gasteiger charge is -2.23. The first-order valence-electron chi connectivity index (χ1n) is 7.61. The summed E-state index contributed by atoms with van der Waals surface area (Å²) in [7, 11) is 1.46. The Labute approximate surface area is 132 Å².